The predicted molar refractivity (Wildman–Crippen MR) is 293 cm³/mol. The van der Waals surface area contributed by atoms with E-state index in [0.717, 1.165) is 63.7 Å². The number of rotatable bonds is 57. The third-order valence-corrected chi connectivity index (χ3v) is 14.7. The van der Waals surface area contributed by atoms with Crippen LogP contribution in [0.25, 0.3) is 0 Å². The molecule has 0 bridgehead atoms. The number of unbranched alkanes of at least 4 members (excludes halogenated alkanes) is 43. The maximum absolute atomic E-state index is 12.9. The van der Waals surface area contributed by atoms with E-state index < -0.39 is 6.10 Å². The van der Waals surface area contributed by atoms with Crippen LogP contribution in [0.4, 0.5) is 0 Å². The summed E-state index contributed by atoms with van der Waals surface area (Å²) in [4.78, 5) is 38.2. The first-order valence-electron chi connectivity index (χ1n) is 30.9. The highest BCUT2D eigenvalue weighted by Gasteiger charge is 2.19. The Bertz CT molecular complexity index is 1030. The predicted octanol–water partition coefficient (Wildman–Crippen LogP) is 20.6. The van der Waals surface area contributed by atoms with Gasteiger partial charge in [-0.1, -0.05) is 317 Å². The topological polar surface area (TPSA) is 78.9 Å². The fraction of sp³-hybridized carbons (Fsp3) is 0.952. The molecule has 1 unspecified atom stereocenters. The molecule has 0 fully saturated rings. The molecule has 0 aromatic carbocycles. The van der Waals surface area contributed by atoms with Crippen LogP contribution in [0.1, 0.15) is 355 Å². The van der Waals surface area contributed by atoms with E-state index in [0.29, 0.717) is 19.3 Å². The molecule has 0 N–H and O–H groups in total. The van der Waals surface area contributed by atoms with Crippen LogP contribution >= 0.6 is 0 Å². The molecule has 0 aromatic heterocycles. The van der Waals surface area contributed by atoms with Gasteiger partial charge in [-0.05, 0) is 25.2 Å². The average Bonchev–Trinajstić information content (AvgIpc) is 3.34. The zero-order valence-electron chi connectivity index (χ0n) is 46.6. The highest BCUT2D eigenvalue weighted by molar-refractivity contribution is 5.71. The highest BCUT2D eigenvalue weighted by Crippen LogP contribution is 2.19. The second kappa shape index (κ2) is 56.3. The standard InChI is InChI=1S/C62H120O6/c1-5-8-10-12-14-16-18-20-25-31-35-39-43-47-51-55-62(65)68-59(56-66-60(63)53-49-45-41-37-33-28-19-17-15-13-11-9-6-2)57-67-61(64)54-50-46-42-38-34-30-27-24-22-21-23-26-29-32-36-40-44-48-52-58(4)7-3/h58-59H,5-57H2,1-4H3/t58?,59-/m1/s1. The minimum atomic E-state index is -0.762. The Labute approximate surface area is 425 Å². The molecule has 404 valence electrons. The zero-order chi connectivity index (χ0) is 49.5. The van der Waals surface area contributed by atoms with E-state index >= 15 is 0 Å². The molecule has 2 atom stereocenters. The summed E-state index contributed by atoms with van der Waals surface area (Å²) in [5, 5.41) is 0. The monoisotopic (exact) mass is 961 g/mol. The molecule has 0 aromatic rings. The summed E-state index contributed by atoms with van der Waals surface area (Å²) >= 11 is 0. The average molecular weight is 962 g/mol. The van der Waals surface area contributed by atoms with Crippen LogP contribution in [-0.4, -0.2) is 37.2 Å². The fourth-order valence-electron chi connectivity index (χ4n) is 9.60. The number of hydrogen-bond donors (Lipinski definition) is 0. The van der Waals surface area contributed by atoms with Crippen molar-refractivity contribution in [2.75, 3.05) is 13.2 Å². The molecular formula is C62H120O6. The van der Waals surface area contributed by atoms with E-state index in [1.807, 2.05) is 0 Å². The lowest BCUT2D eigenvalue weighted by atomic mass is 9.99. The maximum Gasteiger partial charge on any atom is 0.306 e. The van der Waals surface area contributed by atoms with Gasteiger partial charge in [0.2, 0.25) is 0 Å². The zero-order valence-corrected chi connectivity index (χ0v) is 46.6. The van der Waals surface area contributed by atoms with E-state index in [-0.39, 0.29) is 31.1 Å². The quantitative estimate of drug-likeness (QED) is 0.0343. The molecule has 68 heavy (non-hydrogen) atoms. The third-order valence-electron chi connectivity index (χ3n) is 14.7. The molecule has 6 nitrogen and oxygen atoms in total. The Kier molecular flexibility index (Phi) is 55.0. The molecule has 6 heteroatoms. The second-order valence-corrected chi connectivity index (χ2v) is 21.6. The van der Waals surface area contributed by atoms with E-state index in [4.69, 9.17) is 14.2 Å². The lowest BCUT2D eigenvalue weighted by Gasteiger charge is -2.18. The second-order valence-electron chi connectivity index (χ2n) is 21.6. The number of esters is 3. The number of hydrogen-bond acceptors (Lipinski definition) is 6. The third kappa shape index (κ3) is 53.8. The summed E-state index contributed by atoms with van der Waals surface area (Å²) < 4.78 is 16.9. The normalized spacial score (nSPS) is 12.4. The molecule has 0 heterocycles. The fourth-order valence-corrected chi connectivity index (χ4v) is 9.60. The van der Waals surface area contributed by atoms with Crippen LogP contribution in [0.5, 0.6) is 0 Å². The minimum Gasteiger partial charge on any atom is -0.462 e. The van der Waals surface area contributed by atoms with E-state index in [9.17, 15) is 14.4 Å². The Morgan fingerprint density at radius 3 is 0.765 bits per heavy atom. The van der Waals surface area contributed by atoms with Crippen molar-refractivity contribution >= 4 is 17.9 Å². The molecule has 0 saturated carbocycles. The van der Waals surface area contributed by atoms with Crippen LogP contribution in [-0.2, 0) is 28.6 Å². The van der Waals surface area contributed by atoms with Gasteiger partial charge in [-0.2, -0.15) is 0 Å². The smallest absolute Gasteiger partial charge is 0.306 e. The molecule has 0 radical (unpaired) electrons. The lowest BCUT2D eigenvalue weighted by Crippen LogP contribution is -2.30. The van der Waals surface area contributed by atoms with Crippen molar-refractivity contribution in [2.24, 2.45) is 5.92 Å². The summed E-state index contributed by atoms with van der Waals surface area (Å²) in [7, 11) is 0. The first kappa shape index (κ1) is 66.4. The van der Waals surface area contributed by atoms with Crippen LogP contribution in [0.3, 0.4) is 0 Å². The molecule has 0 amide bonds. The first-order chi connectivity index (χ1) is 33.4. The molecule has 0 aliphatic carbocycles. The Balaban J connectivity index is 4.23. The summed E-state index contributed by atoms with van der Waals surface area (Å²) in [6, 6.07) is 0. The summed E-state index contributed by atoms with van der Waals surface area (Å²) in [5.41, 5.74) is 0. The van der Waals surface area contributed by atoms with Gasteiger partial charge >= 0.3 is 17.9 Å². The van der Waals surface area contributed by atoms with Gasteiger partial charge in [-0.3, -0.25) is 14.4 Å². The van der Waals surface area contributed by atoms with Crippen LogP contribution in [0.15, 0.2) is 0 Å². The van der Waals surface area contributed by atoms with Gasteiger partial charge in [0.05, 0.1) is 0 Å². The number of carbonyl (C=O) groups is 3. The molecule has 0 saturated heterocycles. The van der Waals surface area contributed by atoms with E-state index in [1.54, 1.807) is 0 Å². The van der Waals surface area contributed by atoms with Crippen molar-refractivity contribution in [2.45, 2.75) is 361 Å². The van der Waals surface area contributed by atoms with Crippen LogP contribution in [0, 0.1) is 5.92 Å². The van der Waals surface area contributed by atoms with Crippen molar-refractivity contribution < 1.29 is 28.6 Å². The van der Waals surface area contributed by atoms with Crippen molar-refractivity contribution in [3.63, 3.8) is 0 Å². The summed E-state index contributed by atoms with van der Waals surface area (Å²) in [6.45, 7) is 9.12. The van der Waals surface area contributed by atoms with E-state index in [2.05, 4.69) is 27.7 Å². The summed E-state index contributed by atoms with van der Waals surface area (Å²) in [6.07, 6.45) is 62.4. The molecular weight excluding hydrogens is 841 g/mol. The van der Waals surface area contributed by atoms with Gasteiger partial charge in [-0.25, -0.2) is 0 Å². The van der Waals surface area contributed by atoms with Gasteiger partial charge in [0, 0.05) is 19.3 Å². The molecule has 0 aliphatic heterocycles. The minimum absolute atomic E-state index is 0.0613. The SMILES string of the molecule is CCCCCCCCCCCCCCCCCC(=O)O[C@H](COC(=O)CCCCCCCCCCCCCCC)COC(=O)CCCCCCCCCCCCCCCCCCCCC(C)CC. The Morgan fingerprint density at radius 1 is 0.294 bits per heavy atom. The van der Waals surface area contributed by atoms with Gasteiger partial charge in [0.25, 0.3) is 0 Å². The number of ether oxygens (including phenoxy) is 3. The van der Waals surface area contributed by atoms with Gasteiger partial charge in [0.15, 0.2) is 6.10 Å². The Hall–Kier alpha value is -1.59. The largest absolute Gasteiger partial charge is 0.462 e. The van der Waals surface area contributed by atoms with Crippen molar-refractivity contribution in [3.05, 3.63) is 0 Å². The van der Waals surface area contributed by atoms with Crippen LogP contribution < -0.4 is 0 Å². The van der Waals surface area contributed by atoms with Crippen LogP contribution in [0.2, 0.25) is 0 Å². The lowest BCUT2D eigenvalue weighted by molar-refractivity contribution is -0.167. The molecule has 0 rings (SSSR count). The van der Waals surface area contributed by atoms with Crippen molar-refractivity contribution in [1.82, 2.24) is 0 Å². The summed E-state index contributed by atoms with van der Waals surface area (Å²) in [5.74, 6) is 0.0796. The molecule has 0 aliphatic rings. The van der Waals surface area contributed by atoms with Crippen molar-refractivity contribution in [3.8, 4) is 0 Å². The van der Waals surface area contributed by atoms with Gasteiger partial charge in [-0.15, -0.1) is 0 Å². The first-order valence-corrected chi connectivity index (χ1v) is 30.9. The van der Waals surface area contributed by atoms with E-state index in [1.165, 1.54) is 250 Å². The maximum atomic E-state index is 12.9. The highest BCUT2D eigenvalue weighted by atomic mass is 16.6. The van der Waals surface area contributed by atoms with Crippen molar-refractivity contribution in [1.29, 1.82) is 0 Å². The molecule has 0 spiro atoms. The Morgan fingerprint density at radius 2 is 0.515 bits per heavy atom. The number of carbonyl (C=O) groups excluding carboxylic acids is 3. The van der Waals surface area contributed by atoms with Gasteiger partial charge < -0.3 is 14.2 Å². The van der Waals surface area contributed by atoms with Gasteiger partial charge in [0.1, 0.15) is 13.2 Å².